The van der Waals surface area contributed by atoms with Crippen LogP contribution in [0.2, 0.25) is 0 Å². The van der Waals surface area contributed by atoms with E-state index in [-0.39, 0.29) is 5.91 Å². The number of amides is 1. The van der Waals surface area contributed by atoms with Crippen LogP contribution in [0.1, 0.15) is 19.6 Å². The summed E-state index contributed by atoms with van der Waals surface area (Å²) in [5.41, 5.74) is 1.01. The lowest BCUT2D eigenvalue weighted by molar-refractivity contribution is -0.138. The molecule has 3 heterocycles. The molecule has 3 aromatic heterocycles. The smallest absolute Gasteiger partial charge is 0.248 e. The van der Waals surface area contributed by atoms with E-state index in [1.54, 1.807) is 24.3 Å². The largest absolute Gasteiger partial charge is 0.359 e. The molecular formula is C18H20N4O2. The highest BCUT2D eigenvalue weighted by Crippen LogP contribution is 2.22. The molecule has 0 unspecified atom stereocenters. The standard InChI is InChI=1S/C18H20N4O2/c1-18(2,22-10-4-5-11-22)17(23)21(3)13-15-12-16(20-24-15)14-6-8-19-9-7-14/h4-12H,13H2,1-3H3. The van der Waals surface area contributed by atoms with E-state index in [4.69, 9.17) is 4.52 Å². The van der Waals surface area contributed by atoms with Gasteiger partial charge in [-0.05, 0) is 38.1 Å². The molecule has 3 rings (SSSR count). The fourth-order valence-corrected chi connectivity index (χ4v) is 2.64. The second kappa shape index (κ2) is 6.31. The summed E-state index contributed by atoms with van der Waals surface area (Å²) in [6.07, 6.45) is 7.20. The van der Waals surface area contributed by atoms with Crippen LogP contribution in [0.3, 0.4) is 0 Å². The highest BCUT2D eigenvalue weighted by Gasteiger charge is 2.32. The van der Waals surface area contributed by atoms with Crippen LogP contribution >= 0.6 is 0 Å². The third-order valence-corrected chi connectivity index (χ3v) is 4.05. The first-order chi connectivity index (χ1) is 11.5. The Morgan fingerprint density at radius 2 is 1.92 bits per heavy atom. The van der Waals surface area contributed by atoms with Crippen molar-refractivity contribution in [3.05, 3.63) is 60.9 Å². The van der Waals surface area contributed by atoms with Gasteiger partial charge in [0.15, 0.2) is 5.76 Å². The van der Waals surface area contributed by atoms with E-state index >= 15 is 0 Å². The second-order valence-electron chi connectivity index (χ2n) is 6.22. The first kappa shape index (κ1) is 16.0. The molecule has 1 amide bonds. The Balaban J connectivity index is 1.72. The van der Waals surface area contributed by atoms with Crippen molar-refractivity contribution >= 4 is 5.91 Å². The fourth-order valence-electron chi connectivity index (χ4n) is 2.64. The van der Waals surface area contributed by atoms with Crippen LogP contribution in [0.4, 0.5) is 0 Å². The van der Waals surface area contributed by atoms with Crippen molar-refractivity contribution in [2.45, 2.75) is 25.9 Å². The van der Waals surface area contributed by atoms with Crippen LogP contribution in [0, 0.1) is 0 Å². The maximum atomic E-state index is 12.8. The first-order valence-electron chi connectivity index (χ1n) is 7.73. The molecular weight excluding hydrogens is 304 g/mol. The van der Waals surface area contributed by atoms with Gasteiger partial charge in [-0.15, -0.1) is 0 Å². The lowest BCUT2D eigenvalue weighted by atomic mass is 10.0. The zero-order chi connectivity index (χ0) is 17.2. The molecule has 0 aliphatic heterocycles. The number of carbonyl (C=O) groups is 1. The van der Waals surface area contributed by atoms with Crippen molar-refractivity contribution in [1.82, 2.24) is 19.6 Å². The van der Waals surface area contributed by atoms with E-state index in [0.717, 1.165) is 11.3 Å². The number of hydrogen-bond donors (Lipinski definition) is 0. The summed E-state index contributed by atoms with van der Waals surface area (Å²) in [6.45, 7) is 4.16. The van der Waals surface area contributed by atoms with Gasteiger partial charge < -0.3 is 14.0 Å². The number of hydrogen-bond acceptors (Lipinski definition) is 4. The molecule has 0 atom stereocenters. The summed E-state index contributed by atoms with van der Waals surface area (Å²) >= 11 is 0. The van der Waals surface area contributed by atoms with Crippen LogP contribution in [-0.4, -0.2) is 32.6 Å². The summed E-state index contributed by atoms with van der Waals surface area (Å²) in [6, 6.07) is 9.40. The van der Waals surface area contributed by atoms with E-state index in [9.17, 15) is 4.79 Å². The van der Waals surface area contributed by atoms with Gasteiger partial charge in [-0.2, -0.15) is 0 Å². The Hall–Kier alpha value is -2.89. The van der Waals surface area contributed by atoms with Crippen LogP contribution in [0.25, 0.3) is 11.3 Å². The van der Waals surface area contributed by atoms with Crippen molar-refractivity contribution in [3.8, 4) is 11.3 Å². The van der Waals surface area contributed by atoms with Crippen LogP contribution < -0.4 is 0 Å². The van der Waals surface area contributed by atoms with Gasteiger partial charge in [0.1, 0.15) is 11.2 Å². The van der Waals surface area contributed by atoms with Crippen LogP contribution in [0.5, 0.6) is 0 Å². The van der Waals surface area contributed by atoms with Gasteiger partial charge >= 0.3 is 0 Å². The summed E-state index contributed by atoms with van der Waals surface area (Å²) in [5.74, 6) is 0.640. The Kier molecular flexibility index (Phi) is 4.20. The van der Waals surface area contributed by atoms with Gasteiger partial charge in [0.2, 0.25) is 5.91 Å². The monoisotopic (exact) mass is 324 g/mol. The number of likely N-dealkylation sites (N-methyl/N-ethyl adjacent to an activating group) is 1. The predicted molar refractivity (Wildman–Crippen MR) is 90.0 cm³/mol. The Bertz CT molecular complexity index is 807. The van der Waals surface area contributed by atoms with Gasteiger partial charge in [0.05, 0.1) is 6.54 Å². The second-order valence-corrected chi connectivity index (χ2v) is 6.22. The van der Waals surface area contributed by atoms with Crippen molar-refractivity contribution < 1.29 is 9.32 Å². The zero-order valence-electron chi connectivity index (χ0n) is 14.0. The number of rotatable bonds is 5. The molecule has 0 aromatic carbocycles. The molecule has 124 valence electrons. The normalized spacial score (nSPS) is 11.5. The molecule has 6 nitrogen and oxygen atoms in total. The minimum Gasteiger partial charge on any atom is -0.359 e. The van der Waals surface area contributed by atoms with Crippen molar-refractivity contribution in [2.24, 2.45) is 0 Å². The van der Waals surface area contributed by atoms with E-state index in [1.807, 2.05) is 61.1 Å². The lowest BCUT2D eigenvalue weighted by Gasteiger charge is -2.30. The molecule has 3 aromatic rings. The first-order valence-corrected chi connectivity index (χ1v) is 7.73. The van der Waals surface area contributed by atoms with Gasteiger partial charge in [-0.1, -0.05) is 5.16 Å². The van der Waals surface area contributed by atoms with Gasteiger partial charge in [-0.25, -0.2) is 0 Å². The van der Waals surface area contributed by atoms with Crippen LogP contribution in [0.15, 0.2) is 59.6 Å². The average molecular weight is 324 g/mol. The summed E-state index contributed by atoms with van der Waals surface area (Å²) in [7, 11) is 1.77. The number of carbonyl (C=O) groups excluding carboxylic acids is 1. The summed E-state index contributed by atoms with van der Waals surface area (Å²) in [5, 5.41) is 4.06. The van der Waals surface area contributed by atoms with Gasteiger partial charge in [-0.3, -0.25) is 9.78 Å². The average Bonchev–Trinajstić information content (AvgIpc) is 3.27. The molecule has 0 N–H and O–H groups in total. The molecule has 0 bridgehead atoms. The quantitative estimate of drug-likeness (QED) is 0.724. The highest BCUT2D eigenvalue weighted by atomic mass is 16.5. The van der Waals surface area contributed by atoms with E-state index in [1.165, 1.54) is 0 Å². The maximum absolute atomic E-state index is 12.8. The molecule has 0 aliphatic rings. The Morgan fingerprint density at radius 1 is 1.25 bits per heavy atom. The van der Waals surface area contributed by atoms with E-state index in [2.05, 4.69) is 10.1 Å². The molecule has 24 heavy (non-hydrogen) atoms. The number of aromatic nitrogens is 3. The molecule has 0 saturated carbocycles. The van der Waals surface area contributed by atoms with Crippen LogP contribution in [-0.2, 0) is 16.9 Å². The van der Waals surface area contributed by atoms with Gasteiger partial charge in [0.25, 0.3) is 0 Å². The van der Waals surface area contributed by atoms with E-state index < -0.39 is 5.54 Å². The maximum Gasteiger partial charge on any atom is 0.248 e. The fraction of sp³-hybridized carbons (Fsp3) is 0.278. The number of pyridine rings is 1. The lowest BCUT2D eigenvalue weighted by Crippen LogP contribution is -2.44. The predicted octanol–water partition coefficient (Wildman–Crippen LogP) is 2.93. The third kappa shape index (κ3) is 3.08. The minimum atomic E-state index is -0.661. The molecule has 0 radical (unpaired) electrons. The van der Waals surface area contributed by atoms with Gasteiger partial charge in [0, 0.05) is 43.5 Å². The summed E-state index contributed by atoms with van der Waals surface area (Å²) < 4.78 is 7.27. The Morgan fingerprint density at radius 3 is 2.58 bits per heavy atom. The molecule has 0 fully saturated rings. The highest BCUT2D eigenvalue weighted by molar-refractivity contribution is 5.83. The Labute approximate surface area is 140 Å². The molecule has 6 heteroatoms. The minimum absolute atomic E-state index is 0.000520. The van der Waals surface area contributed by atoms with E-state index in [0.29, 0.717) is 12.3 Å². The topological polar surface area (TPSA) is 64.2 Å². The van der Waals surface area contributed by atoms with Crippen molar-refractivity contribution in [1.29, 1.82) is 0 Å². The third-order valence-electron chi connectivity index (χ3n) is 4.05. The molecule has 0 spiro atoms. The van der Waals surface area contributed by atoms with Crippen molar-refractivity contribution in [3.63, 3.8) is 0 Å². The zero-order valence-corrected chi connectivity index (χ0v) is 14.0. The number of nitrogens with zero attached hydrogens (tertiary/aromatic N) is 4. The summed E-state index contributed by atoms with van der Waals surface area (Å²) in [4.78, 5) is 18.4. The molecule has 0 aliphatic carbocycles. The van der Waals surface area contributed by atoms with Crippen molar-refractivity contribution in [2.75, 3.05) is 7.05 Å². The SMILES string of the molecule is CN(Cc1cc(-c2ccncc2)no1)C(=O)C(C)(C)n1cccc1. The molecule has 0 saturated heterocycles.